The minimum absolute atomic E-state index is 0.162. The Kier molecular flexibility index (Phi) is 6.11. The first-order valence-corrected chi connectivity index (χ1v) is 9.17. The molecule has 0 aromatic heterocycles. The lowest BCUT2D eigenvalue weighted by molar-refractivity contribution is -0.228. The topological polar surface area (TPSA) is 44.5 Å². The summed E-state index contributed by atoms with van der Waals surface area (Å²) >= 11 is 0. The van der Waals surface area contributed by atoms with E-state index in [1.54, 1.807) is 14.2 Å². The van der Waals surface area contributed by atoms with Gasteiger partial charge >= 0.3 is 0 Å². The van der Waals surface area contributed by atoms with Gasteiger partial charge < -0.3 is 15.2 Å². The van der Waals surface area contributed by atoms with Gasteiger partial charge in [0.05, 0.1) is 0 Å². The van der Waals surface area contributed by atoms with Crippen LogP contribution in [-0.2, 0) is 14.9 Å². The summed E-state index contributed by atoms with van der Waals surface area (Å²) in [7, 11) is 3.50. The molecule has 136 valence electrons. The highest BCUT2D eigenvalue weighted by atomic mass is 16.7. The Morgan fingerprint density at radius 3 is 2.21 bits per heavy atom. The number of rotatable bonds is 5. The van der Waals surface area contributed by atoms with Gasteiger partial charge in [-0.3, -0.25) is 0 Å². The van der Waals surface area contributed by atoms with Crippen LogP contribution in [0.2, 0.25) is 0 Å². The van der Waals surface area contributed by atoms with Crippen LogP contribution in [0.4, 0.5) is 0 Å². The van der Waals surface area contributed by atoms with Gasteiger partial charge in [0.1, 0.15) is 0 Å². The summed E-state index contributed by atoms with van der Waals surface area (Å²) in [5, 5.41) is 0. The molecule has 1 saturated carbocycles. The minimum Gasteiger partial charge on any atom is -0.353 e. The van der Waals surface area contributed by atoms with Crippen molar-refractivity contribution >= 4 is 0 Å². The molecule has 0 bridgehead atoms. The number of benzene rings is 1. The fraction of sp³-hybridized carbons (Fsp3) is 0.714. The van der Waals surface area contributed by atoms with Crippen LogP contribution >= 0.6 is 0 Å². The predicted octanol–water partition coefficient (Wildman–Crippen LogP) is 4.51. The molecule has 1 atom stereocenters. The highest BCUT2D eigenvalue weighted by Gasteiger charge is 2.38. The molecule has 0 amide bonds. The standard InChI is InChI=1S/C21H35NO2/c1-15-7-8-17(20(2,3)4)13-18(15)19(14-22)16-9-11-21(23-5,24-6)12-10-16/h7-8,13,16,19H,9-12,14,22H2,1-6H3. The molecule has 1 unspecified atom stereocenters. The van der Waals surface area contributed by atoms with Crippen molar-refractivity contribution in [1.82, 2.24) is 0 Å². The van der Waals surface area contributed by atoms with Gasteiger partial charge in [-0.25, -0.2) is 0 Å². The second-order valence-electron chi connectivity index (χ2n) is 8.32. The summed E-state index contributed by atoms with van der Waals surface area (Å²) in [4.78, 5) is 0. The van der Waals surface area contributed by atoms with E-state index in [9.17, 15) is 0 Å². The average Bonchev–Trinajstić information content (AvgIpc) is 2.57. The maximum absolute atomic E-state index is 6.23. The quantitative estimate of drug-likeness (QED) is 0.806. The molecule has 3 heteroatoms. The minimum atomic E-state index is -0.391. The van der Waals surface area contributed by atoms with E-state index in [2.05, 4.69) is 45.9 Å². The zero-order chi connectivity index (χ0) is 18.0. The molecule has 1 aromatic rings. The van der Waals surface area contributed by atoms with Gasteiger partial charge in [-0.1, -0.05) is 39.0 Å². The molecule has 2 rings (SSSR count). The predicted molar refractivity (Wildman–Crippen MR) is 100 cm³/mol. The summed E-state index contributed by atoms with van der Waals surface area (Å²) in [6.45, 7) is 9.72. The third-order valence-electron chi connectivity index (χ3n) is 5.90. The van der Waals surface area contributed by atoms with Crippen LogP contribution < -0.4 is 5.73 Å². The Hall–Kier alpha value is -0.900. The lowest BCUT2D eigenvalue weighted by Gasteiger charge is -2.40. The molecule has 0 radical (unpaired) electrons. The molecule has 0 spiro atoms. The molecule has 0 heterocycles. The molecule has 0 saturated heterocycles. The molecule has 1 aromatic carbocycles. The van der Waals surface area contributed by atoms with Gasteiger partial charge in [0.15, 0.2) is 5.79 Å². The molecule has 0 aliphatic heterocycles. The summed E-state index contributed by atoms with van der Waals surface area (Å²) in [6.07, 6.45) is 4.09. The van der Waals surface area contributed by atoms with Gasteiger partial charge in [-0.05, 0) is 60.3 Å². The Morgan fingerprint density at radius 2 is 1.75 bits per heavy atom. The number of hydrogen-bond acceptors (Lipinski definition) is 3. The maximum atomic E-state index is 6.23. The Labute approximate surface area is 147 Å². The number of aryl methyl sites for hydroxylation is 1. The van der Waals surface area contributed by atoms with Gasteiger partial charge in [-0.2, -0.15) is 0 Å². The summed E-state index contributed by atoms with van der Waals surface area (Å²) in [5.74, 6) is 0.624. The van der Waals surface area contributed by atoms with Crippen molar-refractivity contribution in [3.63, 3.8) is 0 Å². The van der Waals surface area contributed by atoms with Crippen LogP contribution in [0, 0.1) is 12.8 Å². The van der Waals surface area contributed by atoms with E-state index in [1.807, 2.05) is 0 Å². The van der Waals surface area contributed by atoms with E-state index in [-0.39, 0.29) is 5.41 Å². The molecule has 3 nitrogen and oxygen atoms in total. The largest absolute Gasteiger partial charge is 0.353 e. The van der Waals surface area contributed by atoms with Crippen LogP contribution in [0.5, 0.6) is 0 Å². The molecular formula is C21H35NO2. The van der Waals surface area contributed by atoms with Gasteiger partial charge in [0, 0.05) is 27.1 Å². The second-order valence-corrected chi connectivity index (χ2v) is 8.32. The zero-order valence-corrected chi connectivity index (χ0v) is 16.3. The van der Waals surface area contributed by atoms with E-state index in [4.69, 9.17) is 15.2 Å². The SMILES string of the molecule is COC1(OC)CCC(C(CN)c2cc(C(C)(C)C)ccc2C)CC1. The fourth-order valence-electron chi connectivity index (χ4n) is 4.05. The van der Waals surface area contributed by atoms with Gasteiger partial charge in [0.25, 0.3) is 0 Å². The number of hydrogen-bond donors (Lipinski definition) is 1. The van der Waals surface area contributed by atoms with Crippen LogP contribution in [0.15, 0.2) is 18.2 Å². The van der Waals surface area contributed by atoms with Gasteiger partial charge in [0.2, 0.25) is 0 Å². The second kappa shape index (κ2) is 7.55. The zero-order valence-electron chi connectivity index (χ0n) is 16.3. The lowest BCUT2D eigenvalue weighted by atomic mass is 9.73. The van der Waals surface area contributed by atoms with E-state index in [0.29, 0.717) is 18.4 Å². The van der Waals surface area contributed by atoms with E-state index < -0.39 is 5.79 Å². The number of nitrogens with two attached hydrogens (primary N) is 1. The van der Waals surface area contributed by atoms with Crippen molar-refractivity contribution in [3.05, 3.63) is 34.9 Å². The van der Waals surface area contributed by atoms with E-state index >= 15 is 0 Å². The van der Waals surface area contributed by atoms with E-state index in [1.165, 1.54) is 16.7 Å². The highest BCUT2D eigenvalue weighted by molar-refractivity contribution is 5.37. The van der Waals surface area contributed by atoms with E-state index in [0.717, 1.165) is 25.7 Å². The van der Waals surface area contributed by atoms with Crippen LogP contribution in [-0.4, -0.2) is 26.6 Å². The summed E-state index contributed by atoms with van der Waals surface area (Å²) < 4.78 is 11.3. The van der Waals surface area contributed by atoms with Gasteiger partial charge in [-0.15, -0.1) is 0 Å². The monoisotopic (exact) mass is 333 g/mol. The van der Waals surface area contributed by atoms with Crippen molar-refractivity contribution in [2.24, 2.45) is 11.7 Å². The first kappa shape index (κ1) is 19.4. The third-order valence-corrected chi connectivity index (χ3v) is 5.90. The van der Waals surface area contributed by atoms with Crippen molar-refractivity contribution in [1.29, 1.82) is 0 Å². The Balaban J connectivity index is 2.24. The van der Waals surface area contributed by atoms with Crippen LogP contribution in [0.3, 0.4) is 0 Å². The third kappa shape index (κ3) is 4.01. The smallest absolute Gasteiger partial charge is 0.167 e. The number of methoxy groups -OCH3 is 2. The average molecular weight is 334 g/mol. The molecular weight excluding hydrogens is 298 g/mol. The van der Waals surface area contributed by atoms with Crippen molar-refractivity contribution in [2.45, 2.75) is 70.5 Å². The molecule has 2 N–H and O–H groups in total. The fourth-order valence-corrected chi connectivity index (χ4v) is 4.05. The first-order valence-electron chi connectivity index (χ1n) is 9.17. The molecule has 1 fully saturated rings. The van der Waals surface area contributed by atoms with Crippen LogP contribution in [0.25, 0.3) is 0 Å². The van der Waals surface area contributed by atoms with Crippen molar-refractivity contribution in [2.75, 3.05) is 20.8 Å². The molecule has 1 aliphatic carbocycles. The van der Waals surface area contributed by atoms with Crippen molar-refractivity contribution in [3.8, 4) is 0 Å². The maximum Gasteiger partial charge on any atom is 0.167 e. The van der Waals surface area contributed by atoms with Crippen LogP contribution in [0.1, 0.15) is 69.1 Å². The Bertz CT molecular complexity index is 533. The molecule has 24 heavy (non-hydrogen) atoms. The highest BCUT2D eigenvalue weighted by Crippen LogP contribution is 2.42. The lowest BCUT2D eigenvalue weighted by Crippen LogP contribution is -2.40. The first-order chi connectivity index (χ1) is 11.3. The molecule has 1 aliphatic rings. The van der Waals surface area contributed by atoms with Crippen molar-refractivity contribution < 1.29 is 9.47 Å². The number of ether oxygens (including phenoxy) is 2. The summed E-state index contributed by atoms with van der Waals surface area (Å²) in [5.41, 5.74) is 10.6. The summed E-state index contributed by atoms with van der Waals surface area (Å²) in [6, 6.07) is 6.91. The Morgan fingerprint density at radius 1 is 1.17 bits per heavy atom. The normalized spacial score (nSPS) is 20.1.